The Hall–Kier alpha value is -1.90. The van der Waals surface area contributed by atoms with Gasteiger partial charge in [-0.15, -0.1) is 0 Å². The van der Waals surface area contributed by atoms with Crippen LogP contribution in [0.3, 0.4) is 0 Å². The Bertz CT molecular complexity index is 964. The van der Waals surface area contributed by atoms with Crippen molar-refractivity contribution in [3.63, 3.8) is 0 Å². The highest BCUT2D eigenvalue weighted by atomic mass is 35.5. The Kier molecular flexibility index (Phi) is 6.32. The minimum atomic E-state index is -4.55. The van der Waals surface area contributed by atoms with Gasteiger partial charge in [-0.3, -0.25) is 0 Å². The van der Waals surface area contributed by atoms with Gasteiger partial charge in [0.2, 0.25) is 0 Å². The van der Waals surface area contributed by atoms with Crippen molar-refractivity contribution in [1.29, 1.82) is 0 Å². The van der Waals surface area contributed by atoms with E-state index in [1.54, 1.807) is 24.0 Å². The molecule has 11 heteroatoms. The molecule has 1 saturated heterocycles. The Balaban J connectivity index is 1.93. The van der Waals surface area contributed by atoms with Gasteiger partial charge in [0.05, 0.1) is 15.1 Å². The number of hydrogen-bond donors (Lipinski definition) is 2. The van der Waals surface area contributed by atoms with Crippen molar-refractivity contribution in [2.24, 2.45) is 0 Å². The topological polar surface area (TPSA) is 65.5 Å². The molecule has 1 aliphatic rings. The highest BCUT2D eigenvalue weighted by Gasteiger charge is 2.59. The van der Waals surface area contributed by atoms with Crippen molar-refractivity contribution in [3.05, 3.63) is 56.2 Å². The van der Waals surface area contributed by atoms with Crippen molar-refractivity contribution in [2.45, 2.75) is 31.5 Å². The van der Waals surface area contributed by atoms with E-state index in [9.17, 15) is 18.0 Å². The number of rotatable bonds is 4. The molecule has 0 bridgehead atoms. The van der Waals surface area contributed by atoms with Crippen LogP contribution in [0.2, 0.25) is 15.1 Å². The normalized spacial score (nSPS) is 19.2. The summed E-state index contributed by atoms with van der Waals surface area (Å²) in [5, 5.41) is 10.9. The number of amides is 1. The number of anilines is 1. The van der Waals surface area contributed by atoms with Gasteiger partial charge in [0.25, 0.3) is 0 Å². The molecule has 1 aromatic carbocycles. The SMILES string of the molecule is Cc1nc(N2CCC(c3cc(Cl)c(Cl)c(Cl)c3)(C(F)(F)F)C2)ccc1CNC(=O)O. The molecule has 30 heavy (non-hydrogen) atoms. The number of hydrogen-bond acceptors (Lipinski definition) is 3. The molecule has 2 heterocycles. The largest absolute Gasteiger partial charge is 0.465 e. The van der Waals surface area contributed by atoms with Crippen LogP contribution >= 0.6 is 34.8 Å². The highest BCUT2D eigenvalue weighted by molar-refractivity contribution is 6.48. The summed E-state index contributed by atoms with van der Waals surface area (Å²) in [6.07, 6.45) is -5.93. The number of halogens is 6. The number of benzene rings is 1. The van der Waals surface area contributed by atoms with E-state index in [4.69, 9.17) is 39.9 Å². The van der Waals surface area contributed by atoms with E-state index in [-0.39, 0.29) is 46.7 Å². The Labute approximate surface area is 185 Å². The van der Waals surface area contributed by atoms with Gasteiger partial charge in [0.15, 0.2) is 0 Å². The van der Waals surface area contributed by atoms with Crippen LogP contribution in [0.4, 0.5) is 23.8 Å². The number of aromatic nitrogens is 1. The van der Waals surface area contributed by atoms with E-state index in [1.165, 1.54) is 12.1 Å². The molecule has 5 nitrogen and oxygen atoms in total. The maximum absolute atomic E-state index is 14.2. The zero-order valence-corrected chi connectivity index (χ0v) is 17.9. The average Bonchev–Trinajstić information content (AvgIpc) is 3.11. The van der Waals surface area contributed by atoms with Crippen molar-refractivity contribution >= 4 is 46.7 Å². The van der Waals surface area contributed by atoms with Crippen molar-refractivity contribution < 1.29 is 23.1 Å². The Morgan fingerprint density at radius 1 is 1.27 bits per heavy atom. The Morgan fingerprint density at radius 3 is 2.43 bits per heavy atom. The number of nitrogens with zero attached hydrogens (tertiary/aromatic N) is 2. The fourth-order valence-corrected chi connectivity index (χ4v) is 4.17. The summed E-state index contributed by atoms with van der Waals surface area (Å²) in [4.78, 5) is 16.6. The van der Waals surface area contributed by atoms with Gasteiger partial charge in [-0.1, -0.05) is 40.9 Å². The second-order valence-corrected chi connectivity index (χ2v) is 8.27. The molecule has 1 fully saturated rings. The first-order chi connectivity index (χ1) is 13.9. The number of aryl methyl sites for hydroxylation is 1. The summed E-state index contributed by atoms with van der Waals surface area (Å²) in [5.41, 5.74) is -1.05. The van der Waals surface area contributed by atoms with Gasteiger partial charge in [0.1, 0.15) is 11.2 Å². The first-order valence-corrected chi connectivity index (χ1v) is 9.98. The van der Waals surface area contributed by atoms with Gasteiger partial charge in [-0.2, -0.15) is 13.2 Å². The molecule has 3 rings (SSSR count). The molecule has 1 unspecified atom stereocenters. The van der Waals surface area contributed by atoms with Crippen LogP contribution in [0.5, 0.6) is 0 Å². The second-order valence-electron chi connectivity index (χ2n) is 7.08. The summed E-state index contributed by atoms with van der Waals surface area (Å²) in [7, 11) is 0. The molecule has 2 aromatic rings. The highest BCUT2D eigenvalue weighted by Crippen LogP contribution is 2.50. The van der Waals surface area contributed by atoms with Crippen LogP contribution in [0.1, 0.15) is 23.2 Å². The van der Waals surface area contributed by atoms with E-state index >= 15 is 0 Å². The maximum atomic E-state index is 14.2. The third kappa shape index (κ3) is 4.26. The molecule has 1 atom stereocenters. The van der Waals surface area contributed by atoms with E-state index in [2.05, 4.69) is 10.3 Å². The van der Waals surface area contributed by atoms with E-state index in [0.717, 1.165) is 0 Å². The average molecular weight is 483 g/mol. The lowest BCUT2D eigenvalue weighted by Gasteiger charge is -2.33. The zero-order valence-electron chi connectivity index (χ0n) is 15.7. The predicted octanol–water partition coefficient (Wildman–Crippen LogP) is 5.83. The number of carbonyl (C=O) groups is 1. The molecule has 0 saturated carbocycles. The summed E-state index contributed by atoms with van der Waals surface area (Å²) >= 11 is 17.9. The van der Waals surface area contributed by atoms with Crippen LogP contribution < -0.4 is 10.2 Å². The third-order valence-electron chi connectivity index (χ3n) is 5.28. The lowest BCUT2D eigenvalue weighted by molar-refractivity contribution is -0.184. The zero-order chi connectivity index (χ0) is 22.3. The summed E-state index contributed by atoms with van der Waals surface area (Å²) in [6, 6.07) is 5.66. The van der Waals surface area contributed by atoms with E-state index < -0.39 is 17.7 Å². The molecular weight excluding hydrogens is 466 g/mol. The van der Waals surface area contributed by atoms with Gasteiger partial charge >= 0.3 is 12.3 Å². The van der Waals surface area contributed by atoms with Crippen LogP contribution in [-0.4, -0.2) is 35.4 Å². The molecule has 1 aliphatic heterocycles. The number of carboxylic acid groups (broad SMARTS) is 1. The molecule has 0 aliphatic carbocycles. The van der Waals surface area contributed by atoms with Crippen molar-refractivity contribution in [2.75, 3.05) is 18.0 Å². The van der Waals surface area contributed by atoms with Crippen molar-refractivity contribution in [3.8, 4) is 0 Å². The quantitative estimate of drug-likeness (QED) is 0.538. The monoisotopic (exact) mass is 481 g/mol. The third-order valence-corrected chi connectivity index (χ3v) is 6.48. The van der Waals surface area contributed by atoms with E-state index in [1.807, 2.05) is 0 Å². The molecule has 1 amide bonds. The lowest BCUT2D eigenvalue weighted by Crippen LogP contribution is -2.45. The van der Waals surface area contributed by atoms with Crippen LogP contribution in [-0.2, 0) is 12.0 Å². The lowest BCUT2D eigenvalue weighted by atomic mass is 9.79. The number of pyridine rings is 1. The van der Waals surface area contributed by atoms with Crippen molar-refractivity contribution in [1.82, 2.24) is 10.3 Å². The molecule has 1 aromatic heterocycles. The molecular formula is C19H17Cl3F3N3O2. The van der Waals surface area contributed by atoms with E-state index in [0.29, 0.717) is 17.1 Å². The fraction of sp³-hybridized carbons (Fsp3) is 0.368. The Morgan fingerprint density at radius 2 is 1.90 bits per heavy atom. The van der Waals surface area contributed by atoms with Gasteiger partial charge in [-0.05, 0) is 42.7 Å². The predicted molar refractivity (Wildman–Crippen MR) is 110 cm³/mol. The minimum Gasteiger partial charge on any atom is -0.465 e. The first-order valence-electron chi connectivity index (χ1n) is 8.84. The minimum absolute atomic E-state index is 0.0112. The molecule has 0 spiro atoms. The maximum Gasteiger partial charge on any atom is 0.404 e. The fourth-order valence-electron chi connectivity index (χ4n) is 3.58. The second kappa shape index (κ2) is 8.32. The van der Waals surface area contributed by atoms with Crippen LogP contribution in [0, 0.1) is 6.92 Å². The van der Waals surface area contributed by atoms with Gasteiger partial charge in [0, 0.05) is 25.3 Å². The molecule has 2 N–H and O–H groups in total. The smallest absolute Gasteiger partial charge is 0.404 e. The number of nitrogens with one attached hydrogen (secondary N) is 1. The van der Waals surface area contributed by atoms with Gasteiger partial charge < -0.3 is 15.3 Å². The first kappa shape index (κ1) is 22.8. The van der Waals surface area contributed by atoms with Crippen LogP contribution in [0.15, 0.2) is 24.3 Å². The van der Waals surface area contributed by atoms with Gasteiger partial charge in [-0.25, -0.2) is 9.78 Å². The summed E-state index contributed by atoms with van der Waals surface area (Å²) in [5.74, 6) is 0.379. The summed E-state index contributed by atoms with van der Waals surface area (Å²) in [6.45, 7) is 1.50. The summed E-state index contributed by atoms with van der Waals surface area (Å²) < 4.78 is 42.7. The standard InChI is InChI=1S/C19H17Cl3F3N3O2/c1-10-11(8-26-17(29)30)2-3-15(27-10)28-5-4-18(9-28,19(23,24)25)12-6-13(20)16(22)14(21)7-12/h2-3,6-7,26H,4-5,8-9H2,1H3,(H,29,30). The number of alkyl halides is 3. The molecule has 162 valence electrons. The molecule has 0 radical (unpaired) electrons. The van der Waals surface area contributed by atoms with Crippen LogP contribution in [0.25, 0.3) is 0 Å².